The minimum absolute atomic E-state index is 0.384. The molecule has 2 aromatic rings. The lowest BCUT2D eigenvalue weighted by molar-refractivity contribution is 0.563. The fourth-order valence-electron chi connectivity index (χ4n) is 2.44. The third-order valence-corrected chi connectivity index (χ3v) is 3.64. The topological polar surface area (TPSA) is 29.9 Å². The number of rotatable bonds is 6. The number of aryl methyl sites for hydroxylation is 1. The van der Waals surface area contributed by atoms with Crippen LogP contribution in [0.25, 0.3) is 11.0 Å². The van der Waals surface area contributed by atoms with Crippen LogP contribution < -0.4 is 5.32 Å². The Labute approximate surface area is 120 Å². The first-order chi connectivity index (χ1) is 9.19. The van der Waals surface area contributed by atoms with Crippen molar-refractivity contribution in [3.63, 3.8) is 0 Å². The van der Waals surface area contributed by atoms with E-state index in [1.165, 1.54) is 0 Å². The van der Waals surface area contributed by atoms with E-state index in [9.17, 15) is 0 Å². The molecule has 3 nitrogen and oxygen atoms in total. The van der Waals surface area contributed by atoms with Crippen LogP contribution in [0.5, 0.6) is 0 Å². The Morgan fingerprint density at radius 2 is 2.16 bits per heavy atom. The zero-order chi connectivity index (χ0) is 13.8. The molecule has 1 aromatic carbocycles. The molecule has 4 heteroatoms. The average molecular weight is 280 g/mol. The molecule has 1 atom stereocenters. The van der Waals surface area contributed by atoms with E-state index in [-0.39, 0.29) is 0 Å². The number of hydrogen-bond donors (Lipinski definition) is 1. The van der Waals surface area contributed by atoms with Crippen molar-refractivity contribution in [1.29, 1.82) is 0 Å². The minimum atomic E-state index is 0.384. The van der Waals surface area contributed by atoms with Gasteiger partial charge in [0.05, 0.1) is 16.1 Å². The van der Waals surface area contributed by atoms with Crippen molar-refractivity contribution >= 4 is 22.6 Å². The monoisotopic (exact) mass is 279 g/mol. The zero-order valence-corrected chi connectivity index (χ0v) is 12.7. The molecule has 1 unspecified atom stereocenters. The highest BCUT2D eigenvalue weighted by Gasteiger charge is 2.17. The summed E-state index contributed by atoms with van der Waals surface area (Å²) in [6, 6.07) is 5.94. The SMILES string of the molecule is CCCn1c(C(C)CNCC)nc2cccc(Cl)c21. The summed E-state index contributed by atoms with van der Waals surface area (Å²) in [5, 5.41) is 4.18. The number of hydrogen-bond acceptors (Lipinski definition) is 2. The first-order valence-electron chi connectivity index (χ1n) is 7.04. The van der Waals surface area contributed by atoms with Crippen LogP contribution in [0.4, 0.5) is 0 Å². The summed E-state index contributed by atoms with van der Waals surface area (Å²) >= 11 is 6.34. The highest BCUT2D eigenvalue weighted by atomic mass is 35.5. The summed E-state index contributed by atoms with van der Waals surface area (Å²) in [5.74, 6) is 1.51. The minimum Gasteiger partial charge on any atom is -0.327 e. The smallest absolute Gasteiger partial charge is 0.114 e. The number of likely N-dealkylation sites (N-methyl/N-ethyl adjacent to an activating group) is 1. The van der Waals surface area contributed by atoms with E-state index in [0.29, 0.717) is 5.92 Å². The van der Waals surface area contributed by atoms with Gasteiger partial charge in [-0.3, -0.25) is 0 Å². The Morgan fingerprint density at radius 1 is 1.37 bits per heavy atom. The lowest BCUT2D eigenvalue weighted by Crippen LogP contribution is -2.21. The van der Waals surface area contributed by atoms with Crippen molar-refractivity contribution in [3.05, 3.63) is 29.0 Å². The van der Waals surface area contributed by atoms with Crippen LogP contribution in [0.1, 0.15) is 38.9 Å². The van der Waals surface area contributed by atoms with Crippen LogP contribution in [0.3, 0.4) is 0 Å². The number of fused-ring (bicyclic) bond motifs is 1. The number of nitrogens with one attached hydrogen (secondary N) is 1. The normalized spacial score (nSPS) is 13.1. The summed E-state index contributed by atoms with van der Waals surface area (Å²) in [6.45, 7) is 9.41. The first kappa shape index (κ1) is 14.4. The Morgan fingerprint density at radius 3 is 2.84 bits per heavy atom. The van der Waals surface area contributed by atoms with E-state index in [1.807, 2.05) is 18.2 Å². The molecule has 104 valence electrons. The molecule has 0 amide bonds. The quantitative estimate of drug-likeness (QED) is 0.871. The molecule has 0 aliphatic rings. The number of nitrogens with zero attached hydrogens (tertiary/aromatic N) is 2. The molecular weight excluding hydrogens is 258 g/mol. The maximum absolute atomic E-state index is 6.34. The molecule has 0 radical (unpaired) electrons. The standard InChI is InChI=1S/C15H22ClN3/c1-4-9-19-14-12(16)7-6-8-13(14)18-15(19)11(3)10-17-5-2/h6-8,11,17H,4-5,9-10H2,1-3H3. The fourth-order valence-corrected chi connectivity index (χ4v) is 2.71. The lowest BCUT2D eigenvalue weighted by atomic mass is 10.1. The second-order valence-corrected chi connectivity index (χ2v) is 5.35. The van der Waals surface area contributed by atoms with Crippen molar-refractivity contribution in [2.24, 2.45) is 0 Å². The number of halogens is 1. The lowest BCUT2D eigenvalue weighted by Gasteiger charge is -2.14. The predicted octanol–water partition coefficient (Wildman–Crippen LogP) is 3.81. The van der Waals surface area contributed by atoms with Gasteiger partial charge in [0.15, 0.2) is 0 Å². The molecule has 19 heavy (non-hydrogen) atoms. The van der Waals surface area contributed by atoms with Crippen LogP contribution in [0, 0.1) is 0 Å². The Kier molecular flexibility index (Phi) is 4.83. The second-order valence-electron chi connectivity index (χ2n) is 4.94. The van der Waals surface area contributed by atoms with Crippen LogP contribution in [0.15, 0.2) is 18.2 Å². The Balaban J connectivity index is 2.47. The molecule has 0 fully saturated rings. The van der Waals surface area contributed by atoms with Gasteiger partial charge in [-0.15, -0.1) is 0 Å². The van der Waals surface area contributed by atoms with Crippen LogP contribution in [-0.4, -0.2) is 22.6 Å². The molecule has 0 aliphatic heterocycles. The maximum atomic E-state index is 6.34. The van der Waals surface area contributed by atoms with Gasteiger partial charge in [0.1, 0.15) is 5.82 Å². The largest absolute Gasteiger partial charge is 0.327 e. The number of para-hydroxylation sites is 1. The van der Waals surface area contributed by atoms with E-state index < -0.39 is 0 Å². The molecule has 1 N–H and O–H groups in total. The van der Waals surface area contributed by atoms with E-state index in [0.717, 1.165) is 47.9 Å². The van der Waals surface area contributed by atoms with Gasteiger partial charge in [-0.25, -0.2) is 4.98 Å². The number of benzene rings is 1. The van der Waals surface area contributed by atoms with Crippen molar-refractivity contribution in [3.8, 4) is 0 Å². The first-order valence-corrected chi connectivity index (χ1v) is 7.42. The van der Waals surface area contributed by atoms with Crippen LogP contribution in [-0.2, 0) is 6.54 Å². The van der Waals surface area contributed by atoms with Gasteiger partial charge >= 0.3 is 0 Å². The van der Waals surface area contributed by atoms with Crippen LogP contribution >= 0.6 is 11.6 Å². The predicted molar refractivity (Wildman–Crippen MR) is 82.0 cm³/mol. The summed E-state index contributed by atoms with van der Waals surface area (Å²) in [4.78, 5) is 4.78. The van der Waals surface area contributed by atoms with Crippen molar-refractivity contribution < 1.29 is 0 Å². The summed E-state index contributed by atoms with van der Waals surface area (Å²) < 4.78 is 2.28. The van der Waals surface area contributed by atoms with Crippen molar-refractivity contribution in [2.45, 2.75) is 39.7 Å². The van der Waals surface area contributed by atoms with Gasteiger partial charge in [-0.1, -0.05) is 38.4 Å². The van der Waals surface area contributed by atoms with Gasteiger partial charge in [-0.2, -0.15) is 0 Å². The van der Waals surface area contributed by atoms with Gasteiger partial charge in [0.25, 0.3) is 0 Å². The molecular formula is C15H22ClN3. The Bertz CT molecular complexity index is 548. The summed E-state index contributed by atoms with van der Waals surface area (Å²) in [7, 11) is 0. The van der Waals surface area contributed by atoms with E-state index >= 15 is 0 Å². The van der Waals surface area contributed by atoms with Crippen molar-refractivity contribution in [2.75, 3.05) is 13.1 Å². The maximum Gasteiger partial charge on any atom is 0.114 e. The molecule has 0 saturated heterocycles. The van der Waals surface area contributed by atoms with Crippen LogP contribution in [0.2, 0.25) is 5.02 Å². The third kappa shape index (κ3) is 2.93. The van der Waals surface area contributed by atoms with Gasteiger partial charge < -0.3 is 9.88 Å². The zero-order valence-electron chi connectivity index (χ0n) is 11.9. The second kappa shape index (κ2) is 6.40. The summed E-state index contributed by atoms with van der Waals surface area (Å²) in [6.07, 6.45) is 1.08. The van der Waals surface area contributed by atoms with E-state index in [4.69, 9.17) is 16.6 Å². The van der Waals surface area contributed by atoms with E-state index in [2.05, 4.69) is 30.7 Å². The fraction of sp³-hybridized carbons (Fsp3) is 0.533. The summed E-state index contributed by atoms with van der Waals surface area (Å²) in [5.41, 5.74) is 2.07. The molecule has 0 bridgehead atoms. The molecule has 0 aliphatic carbocycles. The molecule has 0 spiro atoms. The Hall–Kier alpha value is -1.06. The highest BCUT2D eigenvalue weighted by molar-refractivity contribution is 6.35. The number of aromatic nitrogens is 2. The molecule has 1 heterocycles. The van der Waals surface area contributed by atoms with E-state index in [1.54, 1.807) is 0 Å². The molecule has 2 rings (SSSR count). The average Bonchev–Trinajstić information content (AvgIpc) is 2.77. The van der Waals surface area contributed by atoms with Gasteiger partial charge in [0, 0.05) is 19.0 Å². The third-order valence-electron chi connectivity index (χ3n) is 3.34. The highest BCUT2D eigenvalue weighted by Crippen LogP contribution is 2.27. The number of imidazole rings is 1. The van der Waals surface area contributed by atoms with Gasteiger partial charge in [0.2, 0.25) is 0 Å². The molecule has 0 saturated carbocycles. The van der Waals surface area contributed by atoms with Gasteiger partial charge in [-0.05, 0) is 25.1 Å². The molecule has 1 aromatic heterocycles. The van der Waals surface area contributed by atoms with Crippen molar-refractivity contribution in [1.82, 2.24) is 14.9 Å².